The number of hydrogen-bond acceptors (Lipinski definition) is 3. The number of methoxy groups -OCH3 is 2. The maximum atomic E-state index is 11.4. The van der Waals surface area contributed by atoms with Crippen LogP contribution in [0.5, 0.6) is 11.5 Å². The van der Waals surface area contributed by atoms with Gasteiger partial charge in [0.05, 0.1) is 20.3 Å². The van der Waals surface area contributed by atoms with Crippen LogP contribution in [0.1, 0.15) is 24.4 Å². The van der Waals surface area contributed by atoms with Gasteiger partial charge in [0, 0.05) is 6.54 Å². The second-order valence-corrected chi connectivity index (χ2v) is 4.30. The molecule has 1 aromatic carbocycles. The number of ether oxygens (including phenoxy) is 2. The molecule has 1 aliphatic heterocycles. The fourth-order valence-electron chi connectivity index (χ4n) is 2.44. The number of nitrogens with two attached hydrogens (primary N) is 1. The highest BCUT2D eigenvalue weighted by Crippen LogP contribution is 2.36. The Balaban J connectivity index is 2.30. The molecule has 5 nitrogen and oxygen atoms in total. The molecule has 1 heterocycles. The van der Waals surface area contributed by atoms with E-state index >= 15 is 0 Å². The number of carbonyl (C=O) groups excluding carboxylic acids is 1. The van der Waals surface area contributed by atoms with Crippen molar-refractivity contribution in [3.05, 3.63) is 23.8 Å². The molecule has 1 fully saturated rings. The van der Waals surface area contributed by atoms with Gasteiger partial charge in [-0.1, -0.05) is 6.07 Å². The van der Waals surface area contributed by atoms with E-state index in [4.69, 9.17) is 15.2 Å². The standard InChI is InChI=1S/C13H18N2O3/c1-17-11-6-5-9(8-12(11)18-2)10-4-3-7-15(10)13(14)16/h5-6,8,10H,3-4,7H2,1-2H3,(H2,14,16). The number of likely N-dealkylation sites (tertiary alicyclic amines) is 1. The topological polar surface area (TPSA) is 64.8 Å². The van der Waals surface area contributed by atoms with Crippen molar-refractivity contribution in [3.8, 4) is 11.5 Å². The zero-order chi connectivity index (χ0) is 13.1. The van der Waals surface area contributed by atoms with E-state index in [1.807, 2.05) is 18.2 Å². The lowest BCUT2D eigenvalue weighted by Gasteiger charge is -2.23. The third-order valence-corrected chi connectivity index (χ3v) is 3.33. The summed E-state index contributed by atoms with van der Waals surface area (Å²) < 4.78 is 10.5. The average molecular weight is 250 g/mol. The molecule has 2 N–H and O–H groups in total. The van der Waals surface area contributed by atoms with E-state index in [0.29, 0.717) is 18.0 Å². The molecular formula is C13H18N2O3. The zero-order valence-electron chi connectivity index (χ0n) is 10.7. The van der Waals surface area contributed by atoms with Crippen LogP contribution in [-0.4, -0.2) is 31.7 Å². The lowest BCUT2D eigenvalue weighted by atomic mass is 10.0. The van der Waals surface area contributed by atoms with Crippen molar-refractivity contribution >= 4 is 6.03 Å². The molecule has 0 aliphatic carbocycles. The Morgan fingerprint density at radius 1 is 1.33 bits per heavy atom. The summed E-state index contributed by atoms with van der Waals surface area (Å²) in [4.78, 5) is 13.1. The quantitative estimate of drug-likeness (QED) is 0.891. The normalized spacial score (nSPS) is 18.8. The van der Waals surface area contributed by atoms with Crippen molar-refractivity contribution in [3.63, 3.8) is 0 Å². The molecule has 1 saturated heterocycles. The molecule has 18 heavy (non-hydrogen) atoms. The number of amides is 2. The van der Waals surface area contributed by atoms with E-state index in [0.717, 1.165) is 18.4 Å². The Morgan fingerprint density at radius 3 is 2.67 bits per heavy atom. The monoisotopic (exact) mass is 250 g/mol. The number of hydrogen-bond donors (Lipinski definition) is 1. The van der Waals surface area contributed by atoms with E-state index in [1.54, 1.807) is 19.1 Å². The van der Waals surface area contributed by atoms with E-state index in [-0.39, 0.29) is 12.1 Å². The first-order chi connectivity index (χ1) is 8.67. The Bertz CT molecular complexity index is 448. The van der Waals surface area contributed by atoms with Crippen molar-refractivity contribution in [1.29, 1.82) is 0 Å². The number of carbonyl (C=O) groups is 1. The Kier molecular flexibility index (Phi) is 3.60. The molecule has 5 heteroatoms. The maximum absolute atomic E-state index is 11.4. The second-order valence-electron chi connectivity index (χ2n) is 4.30. The average Bonchev–Trinajstić information content (AvgIpc) is 2.87. The molecule has 0 aromatic heterocycles. The summed E-state index contributed by atoms with van der Waals surface area (Å²) >= 11 is 0. The highest BCUT2D eigenvalue weighted by molar-refractivity contribution is 5.73. The molecule has 1 aromatic rings. The molecule has 0 bridgehead atoms. The van der Waals surface area contributed by atoms with Crippen LogP contribution < -0.4 is 15.2 Å². The molecule has 0 radical (unpaired) electrons. The molecule has 1 unspecified atom stereocenters. The van der Waals surface area contributed by atoms with Gasteiger partial charge in [0.25, 0.3) is 0 Å². The van der Waals surface area contributed by atoms with Crippen molar-refractivity contribution < 1.29 is 14.3 Å². The van der Waals surface area contributed by atoms with E-state index < -0.39 is 0 Å². The lowest BCUT2D eigenvalue weighted by Crippen LogP contribution is -2.35. The number of rotatable bonds is 3. The van der Waals surface area contributed by atoms with Gasteiger partial charge >= 0.3 is 6.03 Å². The smallest absolute Gasteiger partial charge is 0.315 e. The first-order valence-corrected chi connectivity index (χ1v) is 5.95. The van der Waals surface area contributed by atoms with E-state index in [9.17, 15) is 4.79 Å². The van der Waals surface area contributed by atoms with Gasteiger partial charge in [-0.3, -0.25) is 0 Å². The first kappa shape index (κ1) is 12.5. The number of benzene rings is 1. The minimum atomic E-state index is -0.368. The van der Waals surface area contributed by atoms with Crippen LogP contribution in [0.3, 0.4) is 0 Å². The number of primary amides is 1. The molecular weight excluding hydrogens is 232 g/mol. The summed E-state index contributed by atoms with van der Waals surface area (Å²) in [5.74, 6) is 1.36. The van der Waals surface area contributed by atoms with Crippen molar-refractivity contribution in [2.75, 3.05) is 20.8 Å². The highest BCUT2D eigenvalue weighted by atomic mass is 16.5. The second kappa shape index (κ2) is 5.16. The minimum absolute atomic E-state index is 0.0438. The third kappa shape index (κ3) is 2.20. The van der Waals surface area contributed by atoms with Crippen LogP contribution in [0.25, 0.3) is 0 Å². The van der Waals surface area contributed by atoms with Gasteiger partial charge in [0.2, 0.25) is 0 Å². The Morgan fingerprint density at radius 2 is 2.06 bits per heavy atom. The minimum Gasteiger partial charge on any atom is -0.493 e. The number of nitrogens with zero attached hydrogens (tertiary/aromatic N) is 1. The molecule has 2 rings (SSSR count). The fraction of sp³-hybridized carbons (Fsp3) is 0.462. The van der Waals surface area contributed by atoms with Gasteiger partial charge in [-0.2, -0.15) is 0 Å². The van der Waals surface area contributed by atoms with Crippen LogP contribution in [-0.2, 0) is 0 Å². The van der Waals surface area contributed by atoms with Crippen LogP contribution >= 0.6 is 0 Å². The van der Waals surface area contributed by atoms with Gasteiger partial charge < -0.3 is 20.1 Å². The lowest BCUT2D eigenvalue weighted by molar-refractivity contribution is 0.203. The SMILES string of the molecule is COc1ccc(C2CCCN2C(N)=O)cc1OC. The maximum Gasteiger partial charge on any atom is 0.315 e. The summed E-state index contributed by atoms with van der Waals surface area (Å²) in [5, 5.41) is 0. The van der Waals surface area contributed by atoms with Crippen LogP contribution in [0, 0.1) is 0 Å². The molecule has 0 spiro atoms. The van der Waals surface area contributed by atoms with Crippen molar-refractivity contribution in [2.24, 2.45) is 5.73 Å². The van der Waals surface area contributed by atoms with Crippen molar-refractivity contribution in [2.45, 2.75) is 18.9 Å². The molecule has 2 amide bonds. The molecule has 1 aliphatic rings. The third-order valence-electron chi connectivity index (χ3n) is 3.33. The zero-order valence-corrected chi connectivity index (χ0v) is 10.7. The van der Waals surface area contributed by atoms with Gasteiger partial charge in [0.15, 0.2) is 11.5 Å². The summed E-state index contributed by atoms with van der Waals surface area (Å²) in [5.41, 5.74) is 6.41. The summed E-state index contributed by atoms with van der Waals surface area (Å²) in [6.45, 7) is 0.717. The van der Waals surface area contributed by atoms with Gasteiger partial charge in [-0.05, 0) is 30.5 Å². The first-order valence-electron chi connectivity index (χ1n) is 5.95. The molecule has 1 atom stereocenters. The summed E-state index contributed by atoms with van der Waals surface area (Å²) in [6.07, 6.45) is 1.90. The van der Waals surface area contributed by atoms with Gasteiger partial charge in [-0.15, -0.1) is 0 Å². The van der Waals surface area contributed by atoms with Crippen LogP contribution in [0.2, 0.25) is 0 Å². The highest BCUT2D eigenvalue weighted by Gasteiger charge is 2.29. The number of urea groups is 1. The largest absolute Gasteiger partial charge is 0.493 e. The molecule has 0 saturated carbocycles. The summed E-state index contributed by atoms with van der Waals surface area (Å²) in [6, 6.07) is 5.39. The predicted molar refractivity (Wildman–Crippen MR) is 67.8 cm³/mol. The Labute approximate surface area is 106 Å². The molecule has 98 valence electrons. The fourth-order valence-corrected chi connectivity index (χ4v) is 2.44. The van der Waals surface area contributed by atoms with Crippen LogP contribution in [0.15, 0.2) is 18.2 Å². The van der Waals surface area contributed by atoms with E-state index in [2.05, 4.69) is 0 Å². The van der Waals surface area contributed by atoms with Crippen molar-refractivity contribution in [1.82, 2.24) is 4.90 Å². The van der Waals surface area contributed by atoms with Gasteiger partial charge in [-0.25, -0.2) is 4.79 Å². The van der Waals surface area contributed by atoms with Crippen LogP contribution in [0.4, 0.5) is 4.79 Å². The summed E-state index contributed by atoms with van der Waals surface area (Å²) in [7, 11) is 3.20. The van der Waals surface area contributed by atoms with E-state index in [1.165, 1.54) is 0 Å². The predicted octanol–water partition coefficient (Wildman–Crippen LogP) is 1.92. The van der Waals surface area contributed by atoms with Gasteiger partial charge in [0.1, 0.15) is 0 Å². The Hall–Kier alpha value is -1.91.